The number of aromatic nitrogens is 1. The molecule has 3 rings (SSSR count). The summed E-state index contributed by atoms with van der Waals surface area (Å²) >= 11 is 6.29. The molecule has 0 spiro atoms. The maximum Gasteiger partial charge on any atom is 0.139 e. The maximum absolute atomic E-state index is 6.29. The van der Waals surface area contributed by atoms with Crippen LogP contribution in [0, 0.1) is 0 Å². The SMILES string of the molecule is NCCOc1c2ccccc2nc2cccc(Cl)c12. The predicted molar refractivity (Wildman–Crippen MR) is 78.8 cm³/mol. The zero-order valence-electron chi connectivity index (χ0n) is 10.3. The molecule has 0 fully saturated rings. The predicted octanol–water partition coefficient (Wildman–Crippen LogP) is 3.38. The van der Waals surface area contributed by atoms with E-state index in [0.29, 0.717) is 18.2 Å². The van der Waals surface area contributed by atoms with E-state index in [1.165, 1.54) is 0 Å². The molecule has 1 heterocycles. The lowest BCUT2D eigenvalue weighted by Gasteiger charge is -2.12. The van der Waals surface area contributed by atoms with Crippen LogP contribution in [0.4, 0.5) is 0 Å². The topological polar surface area (TPSA) is 48.1 Å². The number of pyridine rings is 1. The molecular formula is C15H13ClN2O. The van der Waals surface area contributed by atoms with Crippen LogP contribution < -0.4 is 10.5 Å². The van der Waals surface area contributed by atoms with Crippen LogP contribution in [0.25, 0.3) is 21.8 Å². The third kappa shape index (κ3) is 2.11. The first-order valence-electron chi connectivity index (χ1n) is 6.11. The number of ether oxygens (including phenoxy) is 1. The molecule has 0 atom stereocenters. The number of rotatable bonds is 3. The van der Waals surface area contributed by atoms with Crippen molar-refractivity contribution in [2.75, 3.05) is 13.2 Å². The molecule has 1 aromatic heterocycles. The highest BCUT2D eigenvalue weighted by atomic mass is 35.5. The van der Waals surface area contributed by atoms with Crippen LogP contribution >= 0.6 is 11.6 Å². The molecule has 96 valence electrons. The summed E-state index contributed by atoms with van der Waals surface area (Å²) in [7, 11) is 0. The molecule has 2 N–H and O–H groups in total. The molecule has 0 bridgehead atoms. The molecule has 0 amide bonds. The van der Waals surface area contributed by atoms with Crippen LogP contribution in [-0.2, 0) is 0 Å². The average molecular weight is 273 g/mol. The summed E-state index contributed by atoms with van der Waals surface area (Å²) in [5.41, 5.74) is 7.25. The highest BCUT2D eigenvalue weighted by Crippen LogP contribution is 2.36. The van der Waals surface area contributed by atoms with Gasteiger partial charge in [-0.15, -0.1) is 0 Å². The molecule has 0 aliphatic heterocycles. The summed E-state index contributed by atoms with van der Waals surface area (Å²) in [4.78, 5) is 4.61. The second-order valence-electron chi connectivity index (χ2n) is 4.23. The molecule has 0 radical (unpaired) electrons. The molecule has 0 saturated carbocycles. The van der Waals surface area contributed by atoms with Crippen molar-refractivity contribution in [3.63, 3.8) is 0 Å². The second-order valence-corrected chi connectivity index (χ2v) is 4.64. The van der Waals surface area contributed by atoms with Gasteiger partial charge in [-0.05, 0) is 24.3 Å². The minimum Gasteiger partial charge on any atom is -0.491 e. The molecule has 4 heteroatoms. The van der Waals surface area contributed by atoms with Gasteiger partial charge in [-0.25, -0.2) is 4.98 Å². The number of halogens is 1. The summed E-state index contributed by atoms with van der Waals surface area (Å²) < 4.78 is 5.81. The van der Waals surface area contributed by atoms with Crippen molar-refractivity contribution in [2.24, 2.45) is 5.73 Å². The fourth-order valence-electron chi connectivity index (χ4n) is 2.17. The molecule has 3 nitrogen and oxygen atoms in total. The Kier molecular flexibility index (Phi) is 3.23. The van der Waals surface area contributed by atoms with Crippen molar-refractivity contribution in [2.45, 2.75) is 0 Å². The molecule has 0 unspecified atom stereocenters. The van der Waals surface area contributed by atoms with Gasteiger partial charge < -0.3 is 10.5 Å². The zero-order chi connectivity index (χ0) is 13.2. The van der Waals surface area contributed by atoms with Crippen LogP contribution in [0.3, 0.4) is 0 Å². The van der Waals surface area contributed by atoms with Crippen molar-refractivity contribution in [1.29, 1.82) is 0 Å². The summed E-state index contributed by atoms with van der Waals surface area (Å²) in [6.07, 6.45) is 0. The maximum atomic E-state index is 6.29. The highest BCUT2D eigenvalue weighted by Gasteiger charge is 2.12. The fraction of sp³-hybridized carbons (Fsp3) is 0.133. The summed E-state index contributed by atoms with van der Waals surface area (Å²) in [5.74, 6) is 0.761. The van der Waals surface area contributed by atoms with Gasteiger partial charge in [0.05, 0.1) is 21.4 Å². The number of para-hydroxylation sites is 1. The minimum absolute atomic E-state index is 0.453. The molecule has 0 aliphatic rings. The van der Waals surface area contributed by atoms with Crippen molar-refractivity contribution < 1.29 is 4.74 Å². The van der Waals surface area contributed by atoms with Crippen LogP contribution in [0.15, 0.2) is 42.5 Å². The van der Waals surface area contributed by atoms with Gasteiger partial charge in [-0.1, -0.05) is 29.8 Å². The van der Waals surface area contributed by atoms with Crippen LogP contribution in [0.5, 0.6) is 5.75 Å². The number of fused-ring (bicyclic) bond motifs is 2. The first-order valence-corrected chi connectivity index (χ1v) is 6.49. The Hall–Kier alpha value is -1.84. The lowest BCUT2D eigenvalue weighted by Crippen LogP contribution is -2.11. The summed E-state index contributed by atoms with van der Waals surface area (Å²) in [6.45, 7) is 0.914. The first kappa shape index (κ1) is 12.2. The van der Waals surface area contributed by atoms with Gasteiger partial charge >= 0.3 is 0 Å². The molecule has 0 aliphatic carbocycles. The van der Waals surface area contributed by atoms with Crippen LogP contribution in [-0.4, -0.2) is 18.1 Å². The molecule has 19 heavy (non-hydrogen) atoms. The van der Waals surface area contributed by atoms with Crippen molar-refractivity contribution in [3.05, 3.63) is 47.5 Å². The molecule has 3 aromatic rings. The van der Waals surface area contributed by atoms with E-state index in [4.69, 9.17) is 22.1 Å². The highest BCUT2D eigenvalue weighted by molar-refractivity contribution is 6.36. The number of benzene rings is 2. The van der Waals surface area contributed by atoms with E-state index >= 15 is 0 Å². The van der Waals surface area contributed by atoms with E-state index in [1.54, 1.807) is 0 Å². The molecular weight excluding hydrogens is 260 g/mol. The number of nitrogens with two attached hydrogens (primary N) is 1. The summed E-state index contributed by atoms with van der Waals surface area (Å²) in [5, 5.41) is 2.44. The standard InChI is InChI=1S/C15H13ClN2O/c16-11-5-3-7-13-14(11)15(19-9-8-17)10-4-1-2-6-12(10)18-13/h1-7H,8-9,17H2. The lowest BCUT2D eigenvalue weighted by atomic mass is 10.1. The Morgan fingerprint density at radius 2 is 1.84 bits per heavy atom. The Morgan fingerprint density at radius 1 is 1.05 bits per heavy atom. The Labute approximate surface area is 116 Å². The van der Waals surface area contributed by atoms with Crippen molar-refractivity contribution in [3.8, 4) is 5.75 Å². The third-order valence-corrected chi connectivity index (χ3v) is 3.29. The molecule has 0 saturated heterocycles. The van der Waals surface area contributed by atoms with E-state index in [-0.39, 0.29) is 0 Å². The first-order chi connectivity index (χ1) is 9.31. The van der Waals surface area contributed by atoms with Gasteiger partial charge in [-0.2, -0.15) is 0 Å². The quantitative estimate of drug-likeness (QED) is 0.744. The smallest absolute Gasteiger partial charge is 0.139 e. The third-order valence-electron chi connectivity index (χ3n) is 2.97. The normalized spacial score (nSPS) is 11.1. The second kappa shape index (κ2) is 5.03. The van der Waals surface area contributed by atoms with Gasteiger partial charge in [0.15, 0.2) is 0 Å². The number of nitrogens with zero attached hydrogens (tertiary/aromatic N) is 1. The molecule has 2 aromatic carbocycles. The van der Waals surface area contributed by atoms with E-state index in [2.05, 4.69) is 4.98 Å². The summed E-state index contributed by atoms with van der Waals surface area (Å²) in [6, 6.07) is 13.5. The Morgan fingerprint density at radius 3 is 2.68 bits per heavy atom. The number of hydrogen-bond acceptors (Lipinski definition) is 3. The van der Waals surface area contributed by atoms with E-state index in [1.807, 2.05) is 42.5 Å². The Bertz CT molecular complexity index is 743. The Balaban J connectivity index is 2.40. The van der Waals surface area contributed by atoms with Gasteiger partial charge in [0.2, 0.25) is 0 Å². The van der Waals surface area contributed by atoms with E-state index < -0.39 is 0 Å². The van der Waals surface area contributed by atoms with E-state index in [0.717, 1.165) is 27.6 Å². The van der Waals surface area contributed by atoms with Crippen molar-refractivity contribution >= 4 is 33.4 Å². The van der Waals surface area contributed by atoms with Crippen molar-refractivity contribution in [1.82, 2.24) is 4.98 Å². The minimum atomic E-state index is 0.453. The van der Waals surface area contributed by atoms with Crippen LogP contribution in [0.2, 0.25) is 5.02 Å². The van der Waals surface area contributed by atoms with Gasteiger partial charge in [0.25, 0.3) is 0 Å². The lowest BCUT2D eigenvalue weighted by molar-refractivity contribution is 0.336. The van der Waals surface area contributed by atoms with Gasteiger partial charge in [0, 0.05) is 11.9 Å². The fourth-order valence-corrected chi connectivity index (χ4v) is 2.42. The van der Waals surface area contributed by atoms with Gasteiger partial charge in [0.1, 0.15) is 12.4 Å². The monoisotopic (exact) mass is 272 g/mol. The van der Waals surface area contributed by atoms with Gasteiger partial charge in [-0.3, -0.25) is 0 Å². The largest absolute Gasteiger partial charge is 0.491 e. The van der Waals surface area contributed by atoms with E-state index in [9.17, 15) is 0 Å². The average Bonchev–Trinajstić information content (AvgIpc) is 2.44. The van der Waals surface area contributed by atoms with Crippen LogP contribution in [0.1, 0.15) is 0 Å². The number of hydrogen-bond donors (Lipinski definition) is 1. The zero-order valence-corrected chi connectivity index (χ0v) is 11.0.